The van der Waals surface area contributed by atoms with Crippen molar-refractivity contribution in [2.75, 3.05) is 32.4 Å². The molecule has 3 heterocycles. The Labute approximate surface area is 191 Å². The highest BCUT2D eigenvalue weighted by atomic mass is 32.2. The summed E-state index contributed by atoms with van der Waals surface area (Å²) in [5, 5.41) is 3.01. The summed E-state index contributed by atoms with van der Waals surface area (Å²) in [6.45, 7) is 2.01. The van der Waals surface area contributed by atoms with E-state index in [1.807, 2.05) is 0 Å². The Morgan fingerprint density at radius 1 is 1.15 bits per heavy atom. The fourth-order valence-corrected chi connectivity index (χ4v) is 5.79. The molecule has 3 fully saturated rings. The number of carbonyl (C=O) groups is 2. The van der Waals surface area contributed by atoms with Crippen molar-refractivity contribution in [1.82, 2.24) is 15.1 Å². The first-order valence-electron chi connectivity index (χ1n) is 11.1. The van der Waals surface area contributed by atoms with Gasteiger partial charge in [-0.3, -0.25) is 4.79 Å². The van der Waals surface area contributed by atoms with Crippen LogP contribution in [-0.2, 0) is 27.2 Å². The van der Waals surface area contributed by atoms with Crippen molar-refractivity contribution in [3.05, 3.63) is 29.3 Å². The first-order chi connectivity index (χ1) is 15.3. The third kappa shape index (κ3) is 5.28. The van der Waals surface area contributed by atoms with Crippen LogP contribution in [0.3, 0.4) is 0 Å². The van der Waals surface area contributed by atoms with Crippen molar-refractivity contribution in [2.24, 2.45) is 5.92 Å². The van der Waals surface area contributed by atoms with Crippen LogP contribution in [0.1, 0.15) is 43.2 Å². The Bertz CT molecular complexity index is 1040. The van der Waals surface area contributed by atoms with E-state index in [0.29, 0.717) is 63.5 Å². The van der Waals surface area contributed by atoms with Crippen LogP contribution >= 0.6 is 0 Å². The number of likely N-dealkylation sites (tertiary alicyclic amines) is 2. The number of alkyl halides is 3. The predicted molar refractivity (Wildman–Crippen MR) is 114 cm³/mol. The normalized spacial score (nSPS) is 21.6. The molecule has 3 amide bonds. The maximum atomic E-state index is 13.3. The van der Waals surface area contributed by atoms with Gasteiger partial charge in [0, 0.05) is 38.9 Å². The van der Waals surface area contributed by atoms with Crippen LogP contribution in [0.5, 0.6) is 0 Å². The van der Waals surface area contributed by atoms with Gasteiger partial charge in [-0.15, -0.1) is 0 Å². The predicted octanol–water partition coefficient (Wildman–Crippen LogP) is 2.84. The van der Waals surface area contributed by atoms with Crippen LogP contribution in [0.25, 0.3) is 0 Å². The smallest absolute Gasteiger partial charge is 0.347 e. The minimum absolute atomic E-state index is 0.0304. The van der Waals surface area contributed by atoms with E-state index in [1.165, 1.54) is 6.07 Å². The number of amides is 3. The number of hydrogen-bond donors (Lipinski definition) is 1. The molecule has 1 aromatic carbocycles. The number of piperidine rings is 2. The maximum absolute atomic E-state index is 13.3. The molecule has 3 saturated heterocycles. The number of sulfone groups is 1. The molecule has 0 unspecified atom stereocenters. The minimum Gasteiger partial charge on any atom is -0.347 e. The first-order valence-corrected chi connectivity index (χ1v) is 13.0. The highest BCUT2D eigenvalue weighted by Crippen LogP contribution is 2.34. The molecule has 0 radical (unpaired) electrons. The van der Waals surface area contributed by atoms with E-state index >= 15 is 0 Å². The van der Waals surface area contributed by atoms with Gasteiger partial charge >= 0.3 is 12.2 Å². The molecule has 3 aliphatic rings. The SMILES string of the molecule is CS(=O)(=O)c1cc(CC2CCN(C(=O)N3CC4(CCCC(=O)N4)C3)CC2)cc(C(F)(F)F)c1. The fraction of sp³-hybridized carbons (Fsp3) is 0.636. The van der Waals surface area contributed by atoms with Crippen molar-refractivity contribution >= 4 is 21.8 Å². The molecule has 0 saturated carbocycles. The van der Waals surface area contributed by atoms with E-state index in [-0.39, 0.29) is 28.3 Å². The molecule has 3 aliphatic heterocycles. The van der Waals surface area contributed by atoms with Crippen molar-refractivity contribution in [3.8, 4) is 0 Å². The van der Waals surface area contributed by atoms with Crippen LogP contribution in [-0.4, -0.2) is 68.1 Å². The van der Waals surface area contributed by atoms with Gasteiger partial charge in [0.25, 0.3) is 0 Å². The lowest BCUT2D eigenvalue weighted by molar-refractivity contribution is -0.137. The quantitative estimate of drug-likeness (QED) is 0.711. The molecule has 1 aromatic rings. The van der Waals surface area contributed by atoms with Gasteiger partial charge in [0.2, 0.25) is 5.91 Å². The molecule has 182 valence electrons. The van der Waals surface area contributed by atoms with Crippen molar-refractivity contribution < 1.29 is 31.2 Å². The molecular weight excluding hydrogens is 459 g/mol. The summed E-state index contributed by atoms with van der Waals surface area (Å²) in [4.78, 5) is 27.6. The lowest BCUT2D eigenvalue weighted by Crippen LogP contribution is -2.73. The second kappa shape index (κ2) is 8.48. The molecule has 0 aliphatic carbocycles. The summed E-state index contributed by atoms with van der Waals surface area (Å²) >= 11 is 0. The number of benzene rings is 1. The number of halogens is 3. The van der Waals surface area contributed by atoms with Crippen LogP contribution in [0.2, 0.25) is 0 Å². The zero-order chi connectivity index (χ0) is 24.0. The monoisotopic (exact) mass is 487 g/mol. The van der Waals surface area contributed by atoms with E-state index in [1.54, 1.807) is 9.80 Å². The van der Waals surface area contributed by atoms with Gasteiger partial charge < -0.3 is 15.1 Å². The molecule has 0 aromatic heterocycles. The fourth-order valence-electron chi connectivity index (χ4n) is 5.08. The second-order valence-corrected chi connectivity index (χ2v) is 11.6. The summed E-state index contributed by atoms with van der Waals surface area (Å²) in [6, 6.07) is 2.94. The average Bonchev–Trinajstić information content (AvgIpc) is 2.70. The zero-order valence-corrected chi connectivity index (χ0v) is 19.3. The summed E-state index contributed by atoms with van der Waals surface area (Å²) < 4.78 is 63.5. The molecule has 4 rings (SSSR count). The molecular formula is C22H28F3N3O4S. The first kappa shape index (κ1) is 23.8. The van der Waals surface area contributed by atoms with E-state index in [4.69, 9.17) is 0 Å². The van der Waals surface area contributed by atoms with Gasteiger partial charge in [0.1, 0.15) is 0 Å². The number of carbonyl (C=O) groups excluding carboxylic acids is 2. The lowest BCUT2D eigenvalue weighted by Gasteiger charge is -2.53. The van der Waals surface area contributed by atoms with Gasteiger partial charge in [0.05, 0.1) is 16.0 Å². The zero-order valence-electron chi connectivity index (χ0n) is 18.5. The van der Waals surface area contributed by atoms with Crippen LogP contribution < -0.4 is 5.32 Å². The van der Waals surface area contributed by atoms with Crippen LogP contribution in [0.4, 0.5) is 18.0 Å². The van der Waals surface area contributed by atoms with Crippen LogP contribution in [0, 0.1) is 5.92 Å². The third-order valence-corrected chi connectivity index (χ3v) is 7.94. The van der Waals surface area contributed by atoms with Crippen molar-refractivity contribution in [2.45, 2.75) is 55.1 Å². The molecule has 0 bridgehead atoms. The maximum Gasteiger partial charge on any atom is 0.416 e. The molecule has 11 heteroatoms. The Kier molecular flexibility index (Phi) is 6.13. The second-order valence-electron chi connectivity index (χ2n) is 9.59. The van der Waals surface area contributed by atoms with E-state index in [9.17, 15) is 31.2 Å². The Morgan fingerprint density at radius 2 is 1.82 bits per heavy atom. The van der Waals surface area contributed by atoms with Gasteiger partial charge in [-0.05, 0) is 61.8 Å². The minimum atomic E-state index is -4.63. The Morgan fingerprint density at radius 3 is 2.39 bits per heavy atom. The molecule has 1 N–H and O–H groups in total. The average molecular weight is 488 g/mol. The van der Waals surface area contributed by atoms with Gasteiger partial charge in [-0.1, -0.05) is 0 Å². The van der Waals surface area contributed by atoms with Gasteiger partial charge in [-0.2, -0.15) is 13.2 Å². The Hall–Kier alpha value is -2.30. The highest BCUT2D eigenvalue weighted by Gasteiger charge is 2.48. The van der Waals surface area contributed by atoms with Crippen molar-refractivity contribution in [3.63, 3.8) is 0 Å². The largest absolute Gasteiger partial charge is 0.416 e. The Balaban J connectivity index is 1.34. The topological polar surface area (TPSA) is 86.8 Å². The third-order valence-electron chi connectivity index (χ3n) is 6.85. The van der Waals surface area contributed by atoms with E-state index < -0.39 is 21.6 Å². The summed E-state index contributed by atoms with van der Waals surface area (Å²) in [6.07, 6.45) is 0.0887. The molecule has 1 spiro atoms. The lowest BCUT2D eigenvalue weighted by atomic mass is 9.81. The summed E-state index contributed by atoms with van der Waals surface area (Å²) in [5.41, 5.74) is -0.910. The highest BCUT2D eigenvalue weighted by molar-refractivity contribution is 7.90. The molecule has 0 atom stereocenters. The number of nitrogens with one attached hydrogen (secondary N) is 1. The van der Waals surface area contributed by atoms with Gasteiger partial charge in [-0.25, -0.2) is 13.2 Å². The number of hydrogen-bond acceptors (Lipinski definition) is 4. The number of urea groups is 1. The standard InChI is InChI=1S/C22H28F3N3O4S/c1-33(31,32)18-11-16(10-17(12-18)22(23,24)25)9-15-4-7-27(8-5-15)20(30)28-13-21(14-28)6-2-3-19(29)26-21/h10-12,15H,2-9,13-14H2,1H3,(H,26,29). The number of nitrogens with zero attached hydrogens (tertiary/aromatic N) is 2. The van der Waals surface area contributed by atoms with Crippen LogP contribution in [0.15, 0.2) is 23.1 Å². The van der Waals surface area contributed by atoms with E-state index in [0.717, 1.165) is 25.2 Å². The number of rotatable bonds is 3. The van der Waals surface area contributed by atoms with E-state index in [2.05, 4.69) is 5.32 Å². The molecule has 7 nitrogen and oxygen atoms in total. The summed E-state index contributed by atoms with van der Waals surface area (Å²) in [5.74, 6) is 0.0908. The summed E-state index contributed by atoms with van der Waals surface area (Å²) in [7, 11) is -3.77. The molecule has 33 heavy (non-hydrogen) atoms. The van der Waals surface area contributed by atoms with Crippen molar-refractivity contribution in [1.29, 1.82) is 0 Å². The van der Waals surface area contributed by atoms with Gasteiger partial charge in [0.15, 0.2) is 9.84 Å².